The molecule has 9 heteroatoms. The molecule has 170 valence electrons. The highest BCUT2D eigenvalue weighted by atomic mass is 16.6. The highest BCUT2D eigenvalue weighted by molar-refractivity contribution is 6.00. The van der Waals surface area contributed by atoms with Crippen molar-refractivity contribution in [2.24, 2.45) is 7.05 Å². The molecule has 0 spiro atoms. The van der Waals surface area contributed by atoms with Crippen LogP contribution in [-0.4, -0.2) is 44.1 Å². The molecule has 9 nitrogen and oxygen atoms in total. The van der Waals surface area contributed by atoms with Crippen molar-refractivity contribution in [2.75, 3.05) is 6.54 Å². The first kappa shape index (κ1) is 21.9. The molecule has 1 aromatic heterocycles. The zero-order chi connectivity index (χ0) is 23.2. The summed E-state index contributed by atoms with van der Waals surface area (Å²) in [6.45, 7) is 6.03. The molecule has 2 aliphatic heterocycles. The van der Waals surface area contributed by atoms with E-state index in [0.29, 0.717) is 17.6 Å². The van der Waals surface area contributed by atoms with Gasteiger partial charge < -0.3 is 4.74 Å². The van der Waals surface area contributed by atoms with Gasteiger partial charge in [-0.25, -0.2) is 9.59 Å². The quantitative estimate of drug-likeness (QED) is 0.571. The Morgan fingerprint density at radius 3 is 2.59 bits per heavy atom. The van der Waals surface area contributed by atoms with Gasteiger partial charge in [-0.1, -0.05) is 18.2 Å². The first-order valence-electron chi connectivity index (χ1n) is 10.8. The molecule has 3 amide bonds. The van der Waals surface area contributed by atoms with Gasteiger partial charge in [0.15, 0.2) is 0 Å². The highest BCUT2D eigenvalue weighted by Crippen LogP contribution is 2.31. The summed E-state index contributed by atoms with van der Waals surface area (Å²) >= 11 is 0. The number of imide groups is 1. The summed E-state index contributed by atoms with van der Waals surface area (Å²) in [5, 5.41) is 2.31. The normalized spacial score (nSPS) is 21.7. The lowest BCUT2D eigenvalue weighted by Gasteiger charge is -2.34. The molecule has 2 aromatic rings. The number of imidazole rings is 1. The Hall–Kier alpha value is -3.36. The summed E-state index contributed by atoms with van der Waals surface area (Å²) in [5.74, 6) is -0.792. The number of aryl methyl sites for hydroxylation is 1. The number of carbonyl (C=O) groups is 3. The Morgan fingerprint density at radius 2 is 1.91 bits per heavy atom. The van der Waals surface area contributed by atoms with Crippen LogP contribution in [0, 0.1) is 0 Å². The number of amides is 3. The summed E-state index contributed by atoms with van der Waals surface area (Å²) in [6.07, 6.45) is 4.82. The second kappa shape index (κ2) is 7.96. The molecule has 1 N–H and O–H groups in total. The van der Waals surface area contributed by atoms with E-state index < -0.39 is 17.6 Å². The molecule has 1 aromatic carbocycles. The van der Waals surface area contributed by atoms with E-state index in [0.717, 1.165) is 12.0 Å². The molecule has 0 aliphatic carbocycles. The fourth-order valence-electron chi connectivity index (χ4n) is 4.29. The average molecular weight is 441 g/mol. The molecule has 1 fully saturated rings. The number of aromatic nitrogens is 2. The topological polar surface area (TPSA) is 103 Å². The molecule has 2 atom stereocenters. The molecule has 2 aliphatic rings. The zero-order valence-electron chi connectivity index (χ0n) is 18.8. The minimum absolute atomic E-state index is 0.190. The molecule has 0 radical (unpaired) electrons. The molecule has 3 heterocycles. The predicted molar refractivity (Wildman–Crippen MR) is 118 cm³/mol. The lowest BCUT2D eigenvalue weighted by Crippen LogP contribution is -2.44. The van der Waals surface area contributed by atoms with E-state index >= 15 is 0 Å². The Bertz CT molecular complexity index is 1180. The van der Waals surface area contributed by atoms with Crippen LogP contribution >= 0.6 is 0 Å². The summed E-state index contributed by atoms with van der Waals surface area (Å²) in [4.78, 5) is 51.4. The highest BCUT2D eigenvalue weighted by Gasteiger charge is 2.33. The Labute approximate surface area is 185 Å². The van der Waals surface area contributed by atoms with Crippen molar-refractivity contribution in [3.05, 3.63) is 46.4 Å². The van der Waals surface area contributed by atoms with E-state index in [1.165, 1.54) is 9.13 Å². The molecule has 0 saturated carbocycles. The molecule has 1 saturated heterocycles. The summed E-state index contributed by atoms with van der Waals surface area (Å²) in [7, 11) is 1.65. The minimum Gasteiger partial charge on any atom is -0.444 e. The smallest absolute Gasteiger partial charge is 0.411 e. The van der Waals surface area contributed by atoms with Crippen molar-refractivity contribution in [1.29, 1.82) is 0 Å². The SMILES string of the molecule is Cn1c(=O)n(C2CCC(=O)NC2=O)c2ccc(C3C=CCCN3C(=O)OC(C)(C)C)cc21. The van der Waals surface area contributed by atoms with Gasteiger partial charge in [0.25, 0.3) is 0 Å². The van der Waals surface area contributed by atoms with Gasteiger partial charge in [-0.2, -0.15) is 0 Å². The maximum atomic E-state index is 13.0. The van der Waals surface area contributed by atoms with Crippen LogP contribution in [0.25, 0.3) is 11.0 Å². The maximum absolute atomic E-state index is 13.0. The van der Waals surface area contributed by atoms with Crippen LogP contribution in [0.4, 0.5) is 4.79 Å². The second-order valence-corrected chi connectivity index (χ2v) is 9.26. The van der Waals surface area contributed by atoms with Gasteiger partial charge in [0.1, 0.15) is 11.6 Å². The molecular formula is C23H28N4O5. The number of carbonyl (C=O) groups excluding carboxylic acids is 3. The average Bonchev–Trinajstić information content (AvgIpc) is 2.97. The monoisotopic (exact) mass is 440 g/mol. The van der Waals surface area contributed by atoms with Crippen LogP contribution in [0.2, 0.25) is 0 Å². The standard InChI is InChI=1S/C23H28N4O5/c1-23(2,3)32-22(31)26-12-6-5-7-15(26)14-8-9-16-18(13-14)25(4)21(30)27(16)17-10-11-19(28)24-20(17)29/h5,7-9,13,15,17H,6,10-12H2,1-4H3,(H,24,28,29). The van der Waals surface area contributed by atoms with Crippen LogP contribution in [0.3, 0.4) is 0 Å². The van der Waals surface area contributed by atoms with Crippen LogP contribution in [0.15, 0.2) is 35.1 Å². The predicted octanol–water partition coefficient (Wildman–Crippen LogP) is 2.56. The van der Waals surface area contributed by atoms with E-state index in [-0.39, 0.29) is 36.6 Å². The van der Waals surface area contributed by atoms with Gasteiger partial charge in [0, 0.05) is 20.0 Å². The van der Waals surface area contributed by atoms with Crippen LogP contribution < -0.4 is 11.0 Å². The largest absolute Gasteiger partial charge is 0.444 e. The third-order valence-electron chi connectivity index (χ3n) is 5.80. The number of benzene rings is 1. The number of hydrogen-bond acceptors (Lipinski definition) is 5. The Morgan fingerprint density at radius 1 is 1.16 bits per heavy atom. The maximum Gasteiger partial charge on any atom is 0.411 e. The lowest BCUT2D eigenvalue weighted by atomic mass is 10.0. The molecule has 4 rings (SSSR count). The lowest BCUT2D eigenvalue weighted by molar-refractivity contribution is -0.135. The minimum atomic E-state index is -0.734. The van der Waals surface area contributed by atoms with Gasteiger partial charge in [0.05, 0.1) is 17.1 Å². The van der Waals surface area contributed by atoms with E-state index in [1.54, 1.807) is 18.0 Å². The van der Waals surface area contributed by atoms with Crippen molar-refractivity contribution >= 4 is 28.9 Å². The summed E-state index contributed by atoms with van der Waals surface area (Å²) in [5.41, 5.74) is 1.18. The van der Waals surface area contributed by atoms with Crippen LogP contribution in [-0.2, 0) is 21.4 Å². The number of nitrogens with one attached hydrogen (secondary N) is 1. The van der Waals surface area contributed by atoms with Gasteiger partial charge >= 0.3 is 11.8 Å². The Balaban J connectivity index is 1.73. The fraction of sp³-hybridized carbons (Fsp3) is 0.478. The number of hydrogen-bond donors (Lipinski definition) is 1. The number of rotatable bonds is 2. The van der Waals surface area contributed by atoms with Crippen molar-refractivity contribution in [1.82, 2.24) is 19.4 Å². The van der Waals surface area contributed by atoms with Gasteiger partial charge in [-0.3, -0.25) is 28.9 Å². The van der Waals surface area contributed by atoms with Crippen molar-refractivity contribution in [3.63, 3.8) is 0 Å². The van der Waals surface area contributed by atoms with Crippen LogP contribution in [0.5, 0.6) is 0 Å². The third kappa shape index (κ3) is 3.94. The van der Waals surface area contributed by atoms with Gasteiger partial charge in [-0.15, -0.1) is 0 Å². The number of nitrogens with zero attached hydrogens (tertiary/aromatic N) is 3. The zero-order valence-corrected chi connectivity index (χ0v) is 18.8. The van der Waals surface area contributed by atoms with Gasteiger partial charge in [0.2, 0.25) is 11.8 Å². The molecule has 32 heavy (non-hydrogen) atoms. The summed E-state index contributed by atoms with van der Waals surface area (Å²) < 4.78 is 8.53. The summed E-state index contributed by atoms with van der Waals surface area (Å²) in [6, 6.07) is 4.48. The van der Waals surface area contributed by atoms with E-state index in [4.69, 9.17) is 4.74 Å². The Kier molecular flexibility index (Phi) is 5.44. The van der Waals surface area contributed by atoms with E-state index in [2.05, 4.69) is 5.32 Å². The molecule has 2 unspecified atom stereocenters. The first-order valence-corrected chi connectivity index (χ1v) is 10.8. The number of fused-ring (bicyclic) bond motifs is 1. The third-order valence-corrected chi connectivity index (χ3v) is 5.80. The molecule has 0 bridgehead atoms. The van der Waals surface area contributed by atoms with Crippen LogP contribution in [0.1, 0.15) is 57.7 Å². The number of piperidine rings is 1. The van der Waals surface area contributed by atoms with Crippen molar-refractivity contribution < 1.29 is 19.1 Å². The van der Waals surface area contributed by atoms with E-state index in [1.807, 2.05) is 45.1 Å². The van der Waals surface area contributed by atoms with Gasteiger partial charge in [-0.05, 0) is 51.3 Å². The first-order chi connectivity index (χ1) is 15.1. The van der Waals surface area contributed by atoms with Crippen molar-refractivity contribution in [2.45, 2.75) is 57.7 Å². The number of ether oxygens (including phenoxy) is 1. The van der Waals surface area contributed by atoms with Crippen molar-refractivity contribution in [3.8, 4) is 0 Å². The molecular weight excluding hydrogens is 412 g/mol. The second-order valence-electron chi connectivity index (χ2n) is 9.26. The fourth-order valence-corrected chi connectivity index (χ4v) is 4.29. The van der Waals surface area contributed by atoms with E-state index in [9.17, 15) is 19.2 Å².